The number of carbonyl (C=O) groups is 1. The lowest BCUT2D eigenvalue weighted by molar-refractivity contribution is -0.121. The van der Waals surface area contributed by atoms with Crippen molar-refractivity contribution in [1.82, 2.24) is 5.32 Å². The maximum atomic E-state index is 12.2. The van der Waals surface area contributed by atoms with E-state index in [1.165, 1.54) is 38.5 Å². The minimum Gasteiger partial charge on any atom is -0.351 e. The van der Waals surface area contributed by atoms with Gasteiger partial charge in [0.05, 0.1) is 5.25 Å². The van der Waals surface area contributed by atoms with Crippen LogP contribution in [0, 0.1) is 0 Å². The van der Waals surface area contributed by atoms with Crippen LogP contribution in [0.1, 0.15) is 51.4 Å². The molecular weight excluding hydrogens is 298 g/mol. The molecule has 2 rings (SSSR count). The number of carbonyl (C=O) groups excluding carboxylic acids is 1. The largest absolute Gasteiger partial charge is 0.351 e. The third kappa shape index (κ3) is 4.16. The molecule has 1 saturated heterocycles. The zero-order chi connectivity index (χ0) is 12.1. The average molecular weight is 320 g/mol. The van der Waals surface area contributed by atoms with Crippen molar-refractivity contribution >= 4 is 33.6 Å². The first-order valence-electron chi connectivity index (χ1n) is 6.83. The molecule has 17 heavy (non-hydrogen) atoms. The van der Waals surface area contributed by atoms with Gasteiger partial charge in [0.1, 0.15) is 0 Å². The zero-order valence-corrected chi connectivity index (χ0v) is 12.7. The summed E-state index contributed by atoms with van der Waals surface area (Å²) >= 11 is 5.57. The molecule has 1 N–H and O–H groups in total. The first-order chi connectivity index (χ1) is 8.27. The normalized spacial score (nSPS) is 35.0. The molecule has 0 radical (unpaired) electrons. The lowest BCUT2D eigenvalue weighted by Crippen LogP contribution is -2.44. The Kier molecular flexibility index (Phi) is 5.67. The Bertz CT molecular complexity index is 256. The molecule has 0 aromatic rings. The van der Waals surface area contributed by atoms with Crippen molar-refractivity contribution in [2.75, 3.05) is 5.75 Å². The molecule has 4 heteroatoms. The van der Waals surface area contributed by atoms with E-state index < -0.39 is 0 Å². The molecule has 1 saturated carbocycles. The second-order valence-corrected chi connectivity index (χ2v) is 7.61. The third-order valence-electron chi connectivity index (χ3n) is 3.73. The van der Waals surface area contributed by atoms with E-state index in [9.17, 15) is 4.79 Å². The molecule has 0 aromatic carbocycles. The van der Waals surface area contributed by atoms with Gasteiger partial charge in [-0.1, -0.05) is 41.6 Å². The van der Waals surface area contributed by atoms with Gasteiger partial charge in [-0.25, -0.2) is 0 Å². The molecule has 1 heterocycles. The highest BCUT2D eigenvalue weighted by atomic mass is 79.9. The van der Waals surface area contributed by atoms with Gasteiger partial charge in [0.15, 0.2) is 0 Å². The summed E-state index contributed by atoms with van der Waals surface area (Å²) < 4.78 is 0. The van der Waals surface area contributed by atoms with Crippen LogP contribution in [-0.2, 0) is 4.79 Å². The lowest BCUT2D eigenvalue weighted by Gasteiger charge is -2.26. The lowest BCUT2D eigenvalue weighted by atomic mass is 10.1. The van der Waals surface area contributed by atoms with E-state index in [-0.39, 0.29) is 11.2 Å². The maximum absolute atomic E-state index is 12.2. The number of rotatable bonds is 2. The van der Waals surface area contributed by atoms with Crippen molar-refractivity contribution in [3.8, 4) is 0 Å². The Labute approximate surface area is 117 Å². The summed E-state index contributed by atoms with van der Waals surface area (Å²) in [5.74, 6) is 1.44. The molecule has 2 fully saturated rings. The van der Waals surface area contributed by atoms with Gasteiger partial charge in [-0.2, -0.15) is 0 Å². The van der Waals surface area contributed by atoms with E-state index >= 15 is 0 Å². The first kappa shape index (κ1) is 13.7. The van der Waals surface area contributed by atoms with Crippen molar-refractivity contribution in [3.63, 3.8) is 0 Å². The fourth-order valence-electron chi connectivity index (χ4n) is 2.65. The van der Waals surface area contributed by atoms with Gasteiger partial charge in [-0.3, -0.25) is 4.79 Å². The highest BCUT2D eigenvalue weighted by Crippen LogP contribution is 2.27. The molecule has 3 unspecified atom stereocenters. The van der Waals surface area contributed by atoms with Gasteiger partial charge in [0.25, 0.3) is 0 Å². The van der Waals surface area contributed by atoms with Crippen molar-refractivity contribution < 1.29 is 4.79 Å². The predicted octanol–water partition coefficient (Wildman–Crippen LogP) is 3.48. The van der Waals surface area contributed by atoms with Crippen molar-refractivity contribution in [2.45, 2.75) is 67.5 Å². The molecule has 2 nitrogen and oxygen atoms in total. The Balaban J connectivity index is 1.83. The number of halogens is 1. The van der Waals surface area contributed by atoms with E-state index in [1.54, 1.807) is 0 Å². The van der Waals surface area contributed by atoms with Crippen LogP contribution in [0.15, 0.2) is 0 Å². The molecule has 0 aromatic heterocycles. The minimum atomic E-state index is 0.215. The average Bonchev–Trinajstić information content (AvgIpc) is 2.56. The van der Waals surface area contributed by atoms with Gasteiger partial charge in [-0.05, 0) is 31.4 Å². The number of hydrogen-bond donors (Lipinski definition) is 1. The molecule has 1 aliphatic carbocycles. The molecule has 98 valence electrons. The summed E-state index contributed by atoms with van der Waals surface area (Å²) in [5, 5.41) is 3.49. The fourth-order valence-corrected chi connectivity index (χ4v) is 4.58. The Morgan fingerprint density at radius 3 is 2.59 bits per heavy atom. The molecular formula is C13H22BrNOS. The topological polar surface area (TPSA) is 29.1 Å². The van der Waals surface area contributed by atoms with Gasteiger partial charge in [0.2, 0.25) is 5.91 Å². The van der Waals surface area contributed by atoms with E-state index in [0.717, 1.165) is 18.6 Å². The molecule has 0 bridgehead atoms. The van der Waals surface area contributed by atoms with Crippen molar-refractivity contribution in [3.05, 3.63) is 0 Å². The van der Waals surface area contributed by atoms with Crippen LogP contribution in [0.4, 0.5) is 0 Å². The van der Waals surface area contributed by atoms with E-state index in [0.29, 0.717) is 10.9 Å². The van der Waals surface area contributed by atoms with Crippen LogP contribution in [0.5, 0.6) is 0 Å². The van der Waals surface area contributed by atoms with Crippen molar-refractivity contribution in [2.24, 2.45) is 0 Å². The van der Waals surface area contributed by atoms with E-state index in [1.807, 2.05) is 11.8 Å². The summed E-state index contributed by atoms with van der Waals surface area (Å²) in [6.07, 6.45) is 9.75. The summed E-state index contributed by atoms with van der Waals surface area (Å²) in [7, 11) is 0. The third-order valence-corrected chi connectivity index (χ3v) is 6.20. The highest BCUT2D eigenvalue weighted by Gasteiger charge is 2.27. The predicted molar refractivity (Wildman–Crippen MR) is 77.8 cm³/mol. The molecule has 2 aliphatic rings. The summed E-state index contributed by atoms with van der Waals surface area (Å²) in [5.41, 5.74) is 0. The number of alkyl halides is 1. The smallest absolute Gasteiger partial charge is 0.233 e. The van der Waals surface area contributed by atoms with Crippen molar-refractivity contribution in [1.29, 1.82) is 0 Å². The summed E-state index contributed by atoms with van der Waals surface area (Å²) in [4.78, 5) is 12.6. The standard InChI is InChI=1S/C13H22BrNOS/c14-10-6-2-1-3-7-11(10)15-13(16)12-8-4-5-9-17-12/h10-12H,1-9H2,(H,15,16). The molecule has 0 spiro atoms. The Morgan fingerprint density at radius 2 is 1.82 bits per heavy atom. The molecule has 1 aliphatic heterocycles. The quantitative estimate of drug-likeness (QED) is 0.623. The van der Waals surface area contributed by atoms with E-state index in [2.05, 4.69) is 21.2 Å². The zero-order valence-electron chi connectivity index (χ0n) is 10.3. The van der Waals surface area contributed by atoms with Crippen LogP contribution in [0.3, 0.4) is 0 Å². The van der Waals surface area contributed by atoms with Crippen LogP contribution in [0.2, 0.25) is 0 Å². The van der Waals surface area contributed by atoms with Crippen LogP contribution >= 0.6 is 27.7 Å². The van der Waals surface area contributed by atoms with Gasteiger partial charge >= 0.3 is 0 Å². The highest BCUT2D eigenvalue weighted by molar-refractivity contribution is 9.09. The first-order valence-corrected chi connectivity index (χ1v) is 8.80. The van der Waals surface area contributed by atoms with Crippen LogP contribution in [0.25, 0.3) is 0 Å². The Hall–Kier alpha value is 0.300. The monoisotopic (exact) mass is 319 g/mol. The van der Waals surface area contributed by atoms with Gasteiger partial charge in [-0.15, -0.1) is 11.8 Å². The fraction of sp³-hybridized carbons (Fsp3) is 0.923. The van der Waals surface area contributed by atoms with Gasteiger partial charge < -0.3 is 5.32 Å². The maximum Gasteiger partial charge on any atom is 0.233 e. The molecule has 3 atom stereocenters. The number of hydrogen-bond acceptors (Lipinski definition) is 2. The number of amides is 1. The van der Waals surface area contributed by atoms with Gasteiger partial charge in [0, 0.05) is 10.9 Å². The van der Waals surface area contributed by atoms with Crippen LogP contribution in [-0.4, -0.2) is 27.8 Å². The van der Waals surface area contributed by atoms with Crippen LogP contribution < -0.4 is 5.32 Å². The Morgan fingerprint density at radius 1 is 1.06 bits per heavy atom. The summed E-state index contributed by atoms with van der Waals surface area (Å²) in [6.45, 7) is 0. The summed E-state index contributed by atoms with van der Waals surface area (Å²) in [6, 6.07) is 0.354. The number of nitrogens with one attached hydrogen (secondary N) is 1. The second kappa shape index (κ2) is 7.03. The minimum absolute atomic E-state index is 0.215. The SMILES string of the molecule is O=C(NC1CCCCCC1Br)C1CCCCS1. The van der Waals surface area contributed by atoms with E-state index in [4.69, 9.17) is 0 Å². The molecule has 1 amide bonds. The number of thioether (sulfide) groups is 1. The second-order valence-electron chi connectivity index (χ2n) is 5.12.